The summed E-state index contributed by atoms with van der Waals surface area (Å²) in [6.07, 6.45) is 4.17. The van der Waals surface area contributed by atoms with Crippen molar-refractivity contribution in [2.24, 2.45) is 5.92 Å². The molecule has 2 N–H and O–H groups in total. The fourth-order valence-corrected chi connectivity index (χ4v) is 3.52. The minimum atomic E-state index is -0.334. The summed E-state index contributed by atoms with van der Waals surface area (Å²) >= 11 is 0. The molecule has 1 fully saturated rings. The van der Waals surface area contributed by atoms with E-state index in [0.717, 1.165) is 43.1 Å². The Kier molecular flexibility index (Phi) is 6.44. The van der Waals surface area contributed by atoms with Gasteiger partial charge in [0, 0.05) is 38.3 Å². The van der Waals surface area contributed by atoms with E-state index in [2.05, 4.69) is 20.6 Å². The molecule has 3 rings (SSSR count). The van der Waals surface area contributed by atoms with Crippen LogP contribution in [0.2, 0.25) is 0 Å². The average Bonchev–Trinajstić information content (AvgIpc) is 2.67. The van der Waals surface area contributed by atoms with E-state index in [1.807, 2.05) is 32.0 Å². The fourth-order valence-electron chi connectivity index (χ4n) is 3.52. The molecule has 150 valence electrons. The number of nitrogens with zero attached hydrogens (tertiary/aromatic N) is 3. The number of halogens is 1. The predicted octanol–water partition coefficient (Wildman–Crippen LogP) is 3.39. The van der Waals surface area contributed by atoms with Crippen molar-refractivity contribution in [1.82, 2.24) is 15.3 Å². The number of aryl methyl sites for hydroxylation is 1. The van der Waals surface area contributed by atoms with Crippen LogP contribution < -0.4 is 15.5 Å². The maximum atomic E-state index is 13.0. The monoisotopic (exact) mass is 385 g/mol. The van der Waals surface area contributed by atoms with Crippen molar-refractivity contribution in [3.63, 3.8) is 0 Å². The van der Waals surface area contributed by atoms with Crippen molar-refractivity contribution in [3.05, 3.63) is 47.5 Å². The number of rotatable bonds is 6. The molecule has 1 heterocycles. The second kappa shape index (κ2) is 8.99. The largest absolute Gasteiger partial charge is 0.367 e. The van der Waals surface area contributed by atoms with Crippen LogP contribution in [0.25, 0.3) is 0 Å². The average molecular weight is 385 g/mol. The molecule has 0 spiro atoms. The SMILES string of the molecule is Cc1nc(NC2CCC(CNC(=O)c3ccc(F)cc3)CC2)cc(N(C)C)n1. The van der Waals surface area contributed by atoms with Gasteiger partial charge in [-0.25, -0.2) is 14.4 Å². The number of carbonyl (C=O) groups excluding carboxylic acids is 1. The van der Waals surface area contributed by atoms with Crippen LogP contribution in [0.1, 0.15) is 41.9 Å². The van der Waals surface area contributed by atoms with Crippen LogP contribution in [0.3, 0.4) is 0 Å². The molecule has 6 nitrogen and oxygen atoms in total. The highest BCUT2D eigenvalue weighted by molar-refractivity contribution is 5.94. The number of amides is 1. The summed E-state index contributed by atoms with van der Waals surface area (Å²) in [7, 11) is 3.94. The number of hydrogen-bond donors (Lipinski definition) is 2. The lowest BCUT2D eigenvalue weighted by atomic mass is 9.86. The Hall–Kier alpha value is -2.70. The summed E-state index contributed by atoms with van der Waals surface area (Å²) in [5.41, 5.74) is 0.493. The number of benzene rings is 1. The molecule has 0 radical (unpaired) electrons. The van der Waals surface area contributed by atoms with E-state index in [4.69, 9.17) is 0 Å². The molecular formula is C21H28FN5O. The minimum absolute atomic E-state index is 0.145. The van der Waals surface area contributed by atoms with Crippen molar-refractivity contribution >= 4 is 17.5 Å². The van der Waals surface area contributed by atoms with Gasteiger partial charge >= 0.3 is 0 Å². The molecule has 0 aliphatic heterocycles. The first kappa shape index (κ1) is 20.0. The van der Waals surface area contributed by atoms with E-state index < -0.39 is 0 Å². The first-order valence-corrected chi connectivity index (χ1v) is 9.74. The van der Waals surface area contributed by atoms with E-state index in [-0.39, 0.29) is 11.7 Å². The maximum Gasteiger partial charge on any atom is 0.251 e. The smallest absolute Gasteiger partial charge is 0.251 e. The second-order valence-corrected chi connectivity index (χ2v) is 7.63. The topological polar surface area (TPSA) is 70.2 Å². The van der Waals surface area contributed by atoms with Gasteiger partial charge < -0.3 is 15.5 Å². The third kappa shape index (κ3) is 5.41. The summed E-state index contributed by atoms with van der Waals surface area (Å²) in [5, 5.41) is 6.51. The van der Waals surface area contributed by atoms with Gasteiger partial charge in [-0.2, -0.15) is 0 Å². The Balaban J connectivity index is 1.46. The van der Waals surface area contributed by atoms with Crippen molar-refractivity contribution in [2.75, 3.05) is 30.9 Å². The molecular weight excluding hydrogens is 357 g/mol. The lowest BCUT2D eigenvalue weighted by Crippen LogP contribution is -2.34. The second-order valence-electron chi connectivity index (χ2n) is 7.63. The van der Waals surface area contributed by atoms with Crippen molar-refractivity contribution in [3.8, 4) is 0 Å². The molecule has 7 heteroatoms. The van der Waals surface area contributed by atoms with Crippen molar-refractivity contribution < 1.29 is 9.18 Å². The summed E-state index contributed by atoms with van der Waals surface area (Å²) in [6.45, 7) is 2.55. The predicted molar refractivity (Wildman–Crippen MR) is 109 cm³/mol. The van der Waals surface area contributed by atoms with Gasteiger partial charge in [-0.3, -0.25) is 4.79 Å². The summed E-state index contributed by atoms with van der Waals surface area (Å²) in [4.78, 5) is 23.1. The highest BCUT2D eigenvalue weighted by Crippen LogP contribution is 2.26. The lowest BCUT2D eigenvalue weighted by molar-refractivity contribution is 0.0943. The van der Waals surface area contributed by atoms with Gasteiger partial charge in [0.1, 0.15) is 23.3 Å². The number of anilines is 2. The Bertz CT molecular complexity index is 801. The van der Waals surface area contributed by atoms with Crippen molar-refractivity contribution in [1.29, 1.82) is 0 Å². The van der Waals surface area contributed by atoms with Gasteiger partial charge in [0.15, 0.2) is 0 Å². The third-order valence-corrected chi connectivity index (χ3v) is 5.14. The number of aromatic nitrogens is 2. The van der Waals surface area contributed by atoms with E-state index in [1.165, 1.54) is 24.3 Å². The lowest BCUT2D eigenvalue weighted by Gasteiger charge is -2.29. The van der Waals surface area contributed by atoms with E-state index in [9.17, 15) is 9.18 Å². The van der Waals surface area contributed by atoms with Gasteiger partial charge in [0.25, 0.3) is 5.91 Å². The summed E-state index contributed by atoms with van der Waals surface area (Å²) < 4.78 is 13.0. The molecule has 0 atom stereocenters. The Morgan fingerprint density at radius 1 is 1.14 bits per heavy atom. The maximum absolute atomic E-state index is 13.0. The first-order chi connectivity index (χ1) is 13.4. The molecule has 1 aromatic carbocycles. The summed E-state index contributed by atoms with van der Waals surface area (Å²) in [5.74, 6) is 2.50. The molecule has 1 amide bonds. The molecule has 1 aliphatic carbocycles. The zero-order valence-corrected chi connectivity index (χ0v) is 16.7. The normalized spacial score (nSPS) is 19.1. The Morgan fingerprint density at radius 2 is 1.82 bits per heavy atom. The molecule has 1 aromatic heterocycles. The van der Waals surface area contributed by atoms with Gasteiger partial charge in [-0.1, -0.05) is 0 Å². The van der Waals surface area contributed by atoms with Crippen LogP contribution >= 0.6 is 0 Å². The highest BCUT2D eigenvalue weighted by Gasteiger charge is 2.22. The molecule has 1 aliphatic rings. The standard InChI is InChI=1S/C21H28FN5O/c1-14-24-19(12-20(25-14)27(2)3)26-18-10-4-15(5-11-18)13-23-21(28)16-6-8-17(22)9-7-16/h6-9,12,15,18H,4-5,10-11,13H2,1-3H3,(H,23,28)(H,24,25,26). The molecule has 2 aromatic rings. The fraction of sp³-hybridized carbons (Fsp3) is 0.476. The molecule has 1 saturated carbocycles. The van der Waals surface area contributed by atoms with Gasteiger partial charge in [0.2, 0.25) is 0 Å². The van der Waals surface area contributed by atoms with E-state index >= 15 is 0 Å². The highest BCUT2D eigenvalue weighted by atomic mass is 19.1. The molecule has 0 unspecified atom stereocenters. The van der Waals surface area contributed by atoms with Gasteiger partial charge in [-0.05, 0) is 62.8 Å². The van der Waals surface area contributed by atoms with Crippen LogP contribution in [0.15, 0.2) is 30.3 Å². The van der Waals surface area contributed by atoms with Crippen molar-refractivity contribution in [2.45, 2.75) is 38.6 Å². The van der Waals surface area contributed by atoms with Gasteiger partial charge in [0.05, 0.1) is 0 Å². The quantitative estimate of drug-likeness (QED) is 0.798. The number of carbonyl (C=O) groups is 1. The summed E-state index contributed by atoms with van der Waals surface area (Å²) in [6, 6.07) is 7.99. The van der Waals surface area contributed by atoms with Crippen LogP contribution in [0, 0.1) is 18.7 Å². The van der Waals surface area contributed by atoms with Crippen LogP contribution in [-0.4, -0.2) is 42.6 Å². The van der Waals surface area contributed by atoms with Crippen LogP contribution in [0.5, 0.6) is 0 Å². The Labute approximate surface area is 165 Å². The van der Waals surface area contributed by atoms with E-state index in [1.54, 1.807) is 0 Å². The van der Waals surface area contributed by atoms with Crippen LogP contribution in [0.4, 0.5) is 16.0 Å². The minimum Gasteiger partial charge on any atom is -0.367 e. The molecule has 0 saturated heterocycles. The zero-order valence-electron chi connectivity index (χ0n) is 16.7. The molecule has 0 bridgehead atoms. The van der Waals surface area contributed by atoms with Crippen LogP contribution in [-0.2, 0) is 0 Å². The number of nitrogens with one attached hydrogen (secondary N) is 2. The zero-order chi connectivity index (χ0) is 20.1. The third-order valence-electron chi connectivity index (χ3n) is 5.14. The molecule has 28 heavy (non-hydrogen) atoms. The number of hydrogen-bond acceptors (Lipinski definition) is 5. The van der Waals surface area contributed by atoms with E-state index in [0.29, 0.717) is 24.1 Å². The Morgan fingerprint density at radius 3 is 2.46 bits per heavy atom. The first-order valence-electron chi connectivity index (χ1n) is 9.74. The van der Waals surface area contributed by atoms with Gasteiger partial charge in [-0.15, -0.1) is 0 Å².